The molecule has 8 heteroatoms. The van der Waals surface area contributed by atoms with Crippen LogP contribution in [0.5, 0.6) is 5.75 Å². The predicted molar refractivity (Wildman–Crippen MR) is 109 cm³/mol. The molecule has 1 saturated heterocycles. The first-order valence-corrected chi connectivity index (χ1v) is 10.0. The van der Waals surface area contributed by atoms with Crippen LogP contribution in [0.3, 0.4) is 0 Å². The highest BCUT2D eigenvalue weighted by atomic mass is 16.5. The van der Waals surface area contributed by atoms with Gasteiger partial charge in [0.05, 0.1) is 23.9 Å². The lowest BCUT2D eigenvalue weighted by Gasteiger charge is -2.35. The largest absolute Gasteiger partial charge is 0.488 e. The molecule has 3 heterocycles. The zero-order valence-corrected chi connectivity index (χ0v) is 16.6. The Kier molecular flexibility index (Phi) is 4.40. The van der Waals surface area contributed by atoms with Crippen molar-refractivity contribution in [2.75, 3.05) is 24.6 Å². The van der Waals surface area contributed by atoms with E-state index in [9.17, 15) is 5.11 Å². The number of aromatic nitrogens is 4. The number of anilines is 1. The average molecular weight is 395 g/mol. The molecule has 1 saturated carbocycles. The first-order valence-electron chi connectivity index (χ1n) is 10.0. The average Bonchev–Trinajstić information content (AvgIpc) is 3.31. The normalized spacial score (nSPS) is 21.9. The van der Waals surface area contributed by atoms with Crippen LogP contribution in [0, 0.1) is 0 Å². The zero-order valence-electron chi connectivity index (χ0n) is 16.6. The van der Waals surface area contributed by atoms with Gasteiger partial charge in [0.25, 0.3) is 0 Å². The quantitative estimate of drug-likeness (QED) is 0.685. The Labute approximate surface area is 168 Å². The van der Waals surface area contributed by atoms with Crippen molar-refractivity contribution in [1.82, 2.24) is 20.2 Å². The number of nitrogens with zero attached hydrogens (tertiary/aromatic N) is 4. The minimum Gasteiger partial charge on any atom is -0.488 e. The zero-order chi connectivity index (χ0) is 20.0. The van der Waals surface area contributed by atoms with Gasteiger partial charge in [-0.25, -0.2) is 9.97 Å². The first-order chi connectivity index (χ1) is 14.0. The van der Waals surface area contributed by atoms with E-state index in [4.69, 9.17) is 9.47 Å². The van der Waals surface area contributed by atoms with Gasteiger partial charge < -0.3 is 19.5 Å². The molecule has 2 aliphatic rings. The molecule has 1 aromatic carbocycles. The summed E-state index contributed by atoms with van der Waals surface area (Å²) in [7, 11) is 0. The summed E-state index contributed by atoms with van der Waals surface area (Å²) in [6, 6.07) is 7.93. The molecule has 29 heavy (non-hydrogen) atoms. The van der Waals surface area contributed by atoms with Crippen molar-refractivity contribution in [3.05, 3.63) is 30.6 Å². The van der Waals surface area contributed by atoms with E-state index in [1.807, 2.05) is 24.3 Å². The molecular formula is C21H25N5O3. The number of H-pyrrole nitrogens is 1. The molecule has 3 aromatic rings. The van der Waals surface area contributed by atoms with Crippen molar-refractivity contribution in [3.63, 3.8) is 0 Å². The summed E-state index contributed by atoms with van der Waals surface area (Å²) in [4.78, 5) is 11.0. The van der Waals surface area contributed by atoms with Crippen LogP contribution in [0.1, 0.15) is 26.7 Å². The van der Waals surface area contributed by atoms with Gasteiger partial charge in [0.15, 0.2) is 0 Å². The number of hydrogen-bond acceptors (Lipinski definition) is 7. The molecule has 0 radical (unpaired) electrons. The second-order valence-electron chi connectivity index (χ2n) is 8.19. The van der Waals surface area contributed by atoms with E-state index in [1.54, 1.807) is 13.3 Å². The fourth-order valence-corrected chi connectivity index (χ4v) is 3.64. The molecule has 0 spiro atoms. The minimum absolute atomic E-state index is 0.0314. The van der Waals surface area contributed by atoms with Crippen LogP contribution in [-0.2, 0) is 4.74 Å². The van der Waals surface area contributed by atoms with Gasteiger partial charge >= 0.3 is 0 Å². The van der Waals surface area contributed by atoms with Gasteiger partial charge in [-0.05, 0) is 44.9 Å². The van der Waals surface area contributed by atoms with Crippen LogP contribution in [0.2, 0.25) is 0 Å². The lowest BCUT2D eigenvalue weighted by atomic mass is 10.1. The second kappa shape index (κ2) is 6.96. The third-order valence-electron chi connectivity index (χ3n) is 5.70. The minimum atomic E-state index is -0.527. The lowest BCUT2D eigenvalue weighted by molar-refractivity contribution is -0.0366. The SMILES string of the molecule is CC(O)[C@@H]1CN(c2cc(-c3n[nH]c4ccc(OC5(C)CC5)cc34)ncn2)CCO1. The van der Waals surface area contributed by atoms with Gasteiger partial charge in [-0.2, -0.15) is 5.10 Å². The number of aliphatic hydroxyl groups excluding tert-OH is 1. The topological polar surface area (TPSA) is 96.4 Å². The van der Waals surface area contributed by atoms with E-state index < -0.39 is 6.10 Å². The Morgan fingerprint density at radius 3 is 2.97 bits per heavy atom. The molecule has 2 aromatic heterocycles. The smallest absolute Gasteiger partial charge is 0.132 e. The van der Waals surface area contributed by atoms with E-state index in [0.29, 0.717) is 13.2 Å². The Bertz CT molecular complexity index is 1030. The fraction of sp³-hybridized carbons (Fsp3) is 0.476. The molecule has 1 aliphatic heterocycles. The molecule has 2 atom stereocenters. The third-order valence-corrected chi connectivity index (χ3v) is 5.70. The summed E-state index contributed by atoms with van der Waals surface area (Å²) in [5.74, 6) is 1.65. The number of benzene rings is 1. The van der Waals surface area contributed by atoms with Crippen LogP contribution in [0.25, 0.3) is 22.3 Å². The highest BCUT2D eigenvalue weighted by Crippen LogP contribution is 2.40. The lowest BCUT2D eigenvalue weighted by Crippen LogP contribution is -2.47. The molecule has 8 nitrogen and oxygen atoms in total. The number of fused-ring (bicyclic) bond motifs is 1. The van der Waals surface area contributed by atoms with Gasteiger partial charge in [-0.1, -0.05) is 0 Å². The van der Waals surface area contributed by atoms with Gasteiger partial charge in [-0.15, -0.1) is 0 Å². The van der Waals surface area contributed by atoms with Crippen molar-refractivity contribution in [1.29, 1.82) is 0 Å². The Morgan fingerprint density at radius 1 is 1.31 bits per heavy atom. The summed E-state index contributed by atoms with van der Waals surface area (Å²) in [5, 5.41) is 18.4. The fourth-order valence-electron chi connectivity index (χ4n) is 3.64. The number of rotatable bonds is 5. The molecule has 152 valence electrons. The molecule has 5 rings (SSSR count). The predicted octanol–water partition coefficient (Wildman–Crippen LogP) is 2.54. The summed E-state index contributed by atoms with van der Waals surface area (Å²) >= 11 is 0. The maximum absolute atomic E-state index is 9.87. The summed E-state index contributed by atoms with van der Waals surface area (Å²) in [6.07, 6.45) is 2.98. The molecule has 0 amide bonds. The van der Waals surface area contributed by atoms with E-state index in [1.165, 1.54) is 0 Å². The Morgan fingerprint density at radius 2 is 2.17 bits per heavy atom. The molecular weight excluding hydrogens is 370 g/mol. The van der Waals surface area contributed by atoms with Gasteiger partial charge in [-0.3, -0.25) is 5.10 Å². The van der Waals surface area contributed by atoms with Gasteiger partial charge in [0, 0.05) is 24.5 Å². The number of aromatic amines is 1. The maximum atomic E-state index is 9.87. The molecule has 0 bridgehead atoms. The van der Waals surface area contributed by atoms with Crippen LogP contribution in [0.15, 0.2) is 30.6 Å². The van der Waals surface area contributed by atoms with Crippen molar-refractivity contribution >= 4 is 16.7 Å². The van der Waals surface area contributed by atoms with E-state index in [-0.39, 0.29) is 11.7 Å². The Hall–Kier alpha value is -2.71. The van der Waals surface area contributed by atoms with Gasteiger partial charge in [0.2, 0.25) is 0 Å². The van der Waals surface area contributed by atoms with E-state index >= 15 is 0 Å². The van der Waals surface area contributed by atoms with Crippen molar-refractivity contribution in [2.24, 2.45) is 0 Å². The van der Waals surface area contributed by atoms with Crippen LogP contribution in [0.4, 0.5) is 5.82 Å². The highest BCUT2D eigenvalue weighted by Gasteiger charge is 2.40. The van der Waals surface area contributed by atoms with Crippen LogP contribution < -0.4 is 9.64 Å². The van der Waals surface area contributed by atoms with Crippen molar-refractivity contribution < 1.29 is 14.6 Å². The molecule has 2 N–H and O–H groups in total. The number of ether oxygens (including phenoxy) is 2. The summed E-state index contributed by atoms with van der Waals surface area (Å²) < 4.78 is 11.8. The number of morpholine rings is 1. The molecule has 1 unspecified atom stereocenters. The molecule has 1 aliphatic carbocycles. The Balaban J connectivity index is 1.45. The van der Waals surface area contributed by atoms with Crippen molar-refractivity contribution in [2.45, 2.75) is 44.5 Å². The number of nitrogens with one attached hydrogen (secondary N) is 1. The second-order valence-corrected chi connectivity index (χ2v) is 8.19. The van der Waals surface area contributed by atoms with Crippen molar-refractivity contribution in [3.8, 4) is 17.1 Å². The number of hydrogen-bond donors (Lipinski definition) is 2. The van der Waals surface area contributed by atoms with Crippen LogP contribution >= 0.6 is 0 Å². The monoisotopic (exact) mass is 395 g/mol. The van der Waals surface area contributed by atoms with Crippen LogP contribution in [-0.4, -0.2) is 62.8 Å². The van der Waals surface area contributed by atoms with E-state index in [0.717, 1.165) is 53.2 Å². The molecule has 2 fully saturated rings. The number of aliphatic hydroxyl groups is 1. The third kappa shape index (κ3) is 3.65. The standard InChI is InChI=1S/C21H25N5O3/c1-13(27)18-11-26(7-8-28-18)19-10-17(22-12-23-19)20-15-9-14(29-21(2)5-6-21)3-4-16(15)24-25-20/h3-4,9-10,12-13,18,27H,5-8,11H2,1-2H3,(H,24,25)/t13?,18-/m0/s1. The summed E-state index contributed by atoms with van der Waals surface area (Å²) in [6.45, 7) is 5.74. The highest BCUT2D eigenvalue weighted by molar-refractivity contribution is 5.93. The van der Waals surface area contributed by atoms with Gasteiger partial charge in [0.1, 0.15) is 35.3 Å². The van der Waals surface area contributed by atoms with E-state index in [2.05, 4.69) is 32.0 Å². The maximum Gasteiger partial charge on any atom is 0.132 e. The first kappa shape index (κ1) is 18.3. The summed E-state index contributed by atoms with van der Waals surface area (Å²) in [5.41, 5.74) is 2.43.